The van der Waals surface area contributed by atoms with Gasteiger partial charge in [0.15, 0.2) is 6.29 Å². The van der Waals surface area contributed by atoms with E-state index in [0.29, 0.717) is 28.2 Å². The van der Waals surface area contributed by atoms with Gasteiger partial charge in [0.1, 0.15) is 17.0 Å². The number of nitrogens with one attached hydrogen (secondary N) is 2. The molecule has 2 aromatic carbocycles. The zero-order valence-electron chi connectivity index (χ0n) is 20.1. The Morgan fingerprint density at radius 2 is 1.69 bits per heavy atom. The van der Waals surface area contributed by atoms with Gasteiger partial charge in [0.25, 0.3) is 5.91 Å². The van der Waals surface area contributed by atoms with E-state index in [0.717, 1.165) is 11.1 Å². The van der Waals surface area contributed by atoms with Gasteiger partial charge >= 0.3 is 6.09 Å². The van der Waals surface area contributed by atoms with Crippen molar-refractivity contribution < 1.29 is 23.9 Å². The standard InChI is InChI=1S/C26H26ClN3O5/c1-15-17(8-6-10-19(15)30-25(33)35-26(2,3)4)18-9-7-11-20(23(18)27)29-24(32)21-12-22(34-5)16(14-31)13-28-21/h6-14H,1-5H3,(H,29,32)(H,30,33). The normalized spacial score (nSPS) is 10.9. The zero-order chi connectivity index (χ0) is 25.8. The monoisotopic (exact) mass is 495 g/mol. The van der Waals surface area contributed by atoms with Crippen molar-refractivity contribution in [2.45, 2.75) is 33.3 Å². The maximum atomic E-state index is 12.8. The molecule has 2 N–H and O–H groups in total. The van der Waals surface area contributed by atoms with Crippen molar-refractivity contribution in [3.8, 4) is 16.9 Å². The molecule has 182 valence electrons. The number of carbonyl (C=O) groups is 3. The van der Waals surface area contributed by atoms with E-state index in [9.17, 15) is 14.4 Å². The second-order valence-corrected chi connectivity index (χ2v) is 9.03. The molecule has 0 atom stereocenters. The Balaban J connectivity index is 1.89. The summed E-state index contributed by atoms with van der Waals surface area (Å²) in [5.41, 5.74) is 2.84. The molecule has 0 saturated carbocycles. The van der Waals surface area contributed by atoms with Crippen molar-refractivity contribution >= 4 is 41.3 Å². The molecule has 0 radical (unpaired) electrons. The van der Waals surface area contributed by atoms with Gasteiger partial charge in [0.05, 0.1) is 23.4 Å². The highest BCUT2D eigenvalue weighted by Gasteiger charge is 2.19. The third kappa shape index (κ3) is 6.16. The molecule has 0 fully saturated rings. The van der Waals surface area contributed by atoms with Crippen LogP contribution in [0.2, 0.25) is 5.02 Å². The quantitative estimate of drug-likeness (QED) is 0.398. The fourth-order valence-corrected chi connectivity index (χ4v) is 3.61. The molecular formula is C26H26ClN3O5. The number of ether oxygens (including phenoxy) is 2. The number of halogens is 1. The smallest absolute Gasteiger partial charge is 0.412 e. The fraction of sp³-hybridized carbons (Fsp3) is 0.231. The second-order valence-electron chi connectivity index (χ2n) is 8.66. The number of amides is 2. The summed E-state index contributed by atoms with van der Waals surface area (Å²) >= 11 is 6.68. The molecule has 9 heteroatoms. The lowest BCUT2D eigenvalue weighted by atomic mass is 9.98. The molecule has 1 heterocycles. The van der Waals surface area contributed by atoms with Gasteiger partial charge in [-0.25, -0.2) is 4.79 Å². The Hall–Kier alpha value is -3.91. The first-order valence-corrected chi connectivity index (χ1v) is 11.1. The van der Waals surface area contributed by atoms with Crippen LogP contribution in [0.4, 0.5) is 16.2 Å². The minimum atomic E-state index is -0.627. The van der Waals surface area contributed by atoms with Crippen LogP contribution in [0.5, 0.6) is 5.75 Å². The van der Waals surface area contributed by atoms with Crippen molar-refractivity contribution in [1.82, 2.24) is 4.98 Å². The summed E-state index contributed by atoms with van der Waals surface area (Å²) in [7, 11) is 1.40. The van der Waals surface area contributed by atoms with E-state index in [-0.39, 0.29) is 17.0 Å². The largest absolute Gasteiger partial charge is 0.496 e. The highest BCUT2D eigenvalue weighted by atomic mass is 35.5. The van der Waals surface area contributed by atoms with E-state index in [1.165, 1.54) is 19.4 Å². The highest BCUT2D eigenvalue weighted by Crippen LogP contribution is 2.37. The molecule has 0 aliphatic rings. The first-order valence-electron chi connectivity index (χ1n) is 10.7. The predicted molar refractivity (Wildman–Crippen MR) is 136 cm³/mol. The number of aromatic nitrogens is 1. The molecule has 0 saturated heterocycles. The number of benzene rings is 2. The molecule has 0 aliphatic heterocycles. The summed E-state index contributed by atoms with van der Waals surface area (Å²) in [6, 6.07) is 12.1. The summed E-state index contributed by atoms with van der Waals surface area (Å²) in [5.74, 6) is -0.276. The van der Waals surface area contributed by atoms with Gasteiger partial charge in [-0.05, 0) is 51.0 Å². The number of nitrogens with zero attached hydrogens (tertiary/aromatic N) is 1. The molecular weight excluding hydrogens is 470 g/mol. The molecule has 8 nitrogen and oxygen atoms in total. The van der Waals surface area contributed by atoms with Crippen molar-refractivity contribution in [3.63, 3.8) is 0 Å². The molecule has 0 aliphatic carbocycles. The SMILES string of the molecule is COc1cc(C(=O)Nc2cccc(-c3cccc(NC(=O)OC(C)(C)C)c3C)c2Cl)ncc1C=O. The molecule has 3 rings (SSSR count). The molecule has 2 amide bonds. The van der Waals surface area contributed by atoms with Gasteiger partial charge in [-0.2, -0.15) is 0 Å². The summed E-state index contributed by atoms with van der Waals surface area (Å²) in [6.07, 6.45) is 1.31. The number of hydrogen-bond donors (Lipinski definition) is 2. The van der Waals surface area contributed by atoms with E-state index in [4.69, 9.17) is 21.1 Å². The maximum absolute atomic E-state index is 12.8. The number of aldehydes is 1. The molecule has 0 unspecified atom stereocenters. The summed E-state index contributed by atoms with van der Waals surface area (Å²) in [5, 5.41) is 5.83. The van der Waals surface area contributed by atoms with Gasteiger partial charge in [-0.3, -0.25) is 19.9 Å². The lowest BCUT2D eigenvalue weighted by Gasteiger charge is -2.21. The average molecular weight is 496 g/mol. The minimum absolute atomic E-state index is 0.0636. The van der Waals surface area contributed by atoms with Crippen LogP contribution in [-0.2, 0) is 4.74 Å². The number of anilines is 2. The summed E-state index contributed by atoms with van der Waals surface area (Å²) in [6.45, 7) is 7.22. The predicted octanol–water partition coefficient (Wildman–Crippen LogP) is 6.13. The van der Waals surface area contributed by atoms with Crippen LogP contribution in [0, 0.1) is 6.92 Å². The third-order valence-electron chi connectivity index (χ3n) is 4.98. The van der Waals surface area contributed by atoms with Crippen LogP contribution in [0.25, 0.3) is 11.1 Å². The Kier molecular flexibility index (Phi) is 7.76. The van der Waals surface area contributed by atoms with Gasteiger partial charge in [0.2, 0.25) is 0 Å². The van der Waals surface area contributed by atoms with Crippen LogP contribution >= 0.6 is 11.6 Å². The lowest BCUT2D eigenvalue weighted by Crippen LogP contribution is -2.27. The van der Waals surface area contributed by atoms with E-state index < -0.39 is 17.6 Å². The van der Waals surface area contributed by atoms with Crippen LogP contribution in [-0.4, -0.2) is 36.0 Å². The van der Waals surface area contributed by atoms with Crippen molar-refractivity contribution in [1.29, 1.82) is 0 Å². The molecule has 3 aromatic rings. The minimum Gasteiger partial charge on any atom is -0.496 e. The first kappa shape index (κ1) is 25.7. The number of methoxy groups -OCH3 is 1. The van der Waals surface area contributed by atoms with Crippen molar-refractivity contribution in [3.05, 3.63) is 70.5 Å². The summed E-state index contributed by atoms with van der Waals surface area (Å²) < 4.78 is 10.5. The zero-order valence-corrected chi connectivity index (χ0v) is 20.8. The Bertz CT molecular complexity index is 1280. The van der Waals surface area contributed by atoms with Crippen molar-refractivity contribution in [2.75, 3.05) is 17.7 Å². The Morgan fingerprint density at radius 3 is 2.31 bits per heavy atom. The van der Waals surface area contributed by atoms with E-state index in [2.05, 4.69) is 15.6 Å². The van der Waals surface area contributed by atoms with Crippen LogP contribution < -0.4 is 15.4 Å². The number of rotatable bonds is 6. The van der Waals surface area contributed by atoms with Crippen LogP contribution in [0.15, 0.2) is 48.7 Å². The first-order chi connectivity index (χ1) is 16.5. The van der Waals surface area contributed by atoms with Crippen LogP contribution in [0.3, 0.4) is 0 Å². The second kappa shape index (κ2) is 10.6. The Morgan fingerprint density at radius 1 is 1.03 bits per heavy atom. The third-order valence-corrected chi connectivity index (χ3v) is 5.39. The van der Waals surface area contributed by atoms with Gasteiger partial charge in [-0.15, -0.1) is 0 Å². The van der Waals surface area contributed by atoms with E-state index in [1.807, 2.05) is 19.1 Å². The van der Waals surface area contributed by atoms with Gasteiger partial charge in [0, 0.05) is 23.5 Å². The molecule has 0 spiro atoms. The fourth-order valence-electron chi connectivity index (χ4n) is 3.34. The lowest BCUT2D eigenvalue weighted by molar-refractivity contribution is 0.0635. The van der Waals surface area contributed by atoms with E-state index in [1.54, 1.807) is 45.0 Å². The average Bonchev–Trinajstić information content (AvgIpc) is 2.80. The van der Waals surface area contributed by atoms with Crippen molar-refractivity contribution in [2.24, 2.45) is 0 Å². The van der Waals surface area contributed by atoms with Crippen LogP contribution in [0.1, 0.15) is 47.2 Å². The number of pyridine rings is 1. The maximum Gasteiger partial charge on any atom is 0.412 e. The summed E-state index contributed by atoms with van der Waals surface area (Å²) in [4.78, 5) is 40.2. The number of carbonyl (C=O) groups excluding carboxylic acids is 3. The van der Waals surface area contributed by atoms with E-state index >= 15 is 0 Å². The molecule has 35 heavy (non-hydrogen) atoms. The van der Waals surface area contributed by atoms with Gasteiger partial charge < -0.3 is 14.8 Å². The Labute approximate surface area is 208 Å². The topological polar surface area (TPSA) is 107 Å². The van der Waals surface area contributed by atoms with Gasteiger partial charge in [-0.1, -0.05) is 35.9 Å². The molecule has 0 bridgehead atoms. The highest BCUT2D eigenvalue weighted by molar-refractivity contribution is 6.36. The number of hydrogen-bond acceptors (Lipinski definition) is 6. The molecule has 1 aromatic heterocycles.